The first-order chi connectivity index (χ1) is 11.5. The number of aromatic nitrogens is 3. The van der Waals surface area contributed by atoms with E-state index in [4.69, 9.17) is 34.8 Å². The van der Waals surface area contributed by atoms with E-state index >= 15 is 0 Å². The lowest BCUT2D eigenvalue weighted by molar-refractivity contribution is 0.749. The van der Waals surface area contributed by atoms with Gasteiger partial charge in [-0.25, -0.2) is 0 Å². The van der Waals surface area contributed by atoms with Crippen molar-refractivity contribution in [2.24, 2.45) is 7.05 Å². The Kier molecular flexibility index (Phi) is 5.72. The molecule has 2 aromatic carbocycles. The van der Waals surface area contributed by atoms with Crippen molar-refractivity contribution in [3.63, 3.8) is 0 Å². The molecule has 1 heterocycles. The molecule has 0 N–H and O–H groups in total. The number of hydrogen-bond donors (Lipinski definition) is 0. The molecule has 0 atom stereocenters. The molecule has 3 rings (SSSR count). The van der Waals surface area contributed by atoms with E-state index in [9.17, 15) is 0 Å². The van der Waals surface area contributed by atoms with Crippen molar-refractivity contribution in [1.29, 1.82) is 0 Å². The maximum absolute atomic E-state index is 6.05. The molecule has 0 aliphatic carbocycles. The van der Waals surface area contributed by atoms with Crippen molar-refractivity contribution in [2.75, 3.05) is 0 Å². The van der Waals surface area contributed by atoms with Gasteiger partial charge in [0.25, 0.3) is 0 Å². The number of nitrogens with zero attached hydrogens (tertiary/aromatic N) is 3. The first kappa shape index (κ1) is 17.6. The van der Waals surface area contributed by atoms with Crippen LogP contribution in [0.1, 0.15) is 17.0 Å². The van der Waals surface area contributed by atoms with Gasteiger partial charge in [-0.3, -0.25) is 0 Å². The molecule has 0 unspecified atom stereocenters. The normalized spacial score (nSPS) is 11.0. The minimum Gasteiger partial charge on any atom is -0.309 e. The molecule has 0 aliphatic rings. The van der Waals surface area contributed by atoms with Crippen molar-refractivity contribution in [3.8, 4) is 0 Å². The predicted molar refractivity (Wildman–Crippen MR) is 101 cm³/mol. The number of hydrogen-bond acceptors (Lipinski definition) is 3. The summed E-state index contributed by atoms with van der Waals surface area (Å²) < 4.78 is 2.01. The lowest BCUT2D eigenvalue weighted by Crippen LogP contribution is -2.00. The Bertz CT molecular complexity index is 847. The van der Waals surface area contributed by atoms with Gasteiger partial charge in [0, 0.05) is 24.2 Å². The number of thioether (sulfide) groups is 1. The summed E-state index contributed by atoms with van der Waals surface area (Å²) in [5.41, 5.74) is 2.24. The summed E-state index contributed by atoms with van der Waals surface area (Å²) in [7, 11) is 1.97. The third-order valence-corrected chi connectivity index (χ3v) is 5.63. The minimum absolute atomic E-state index is 0.564. The molecule has 0 radical (unpaired) electrons. The molecule has 124 valence electrons. The van der Waals surface area contributed by atoms with E-state index in [2.05, 4.69) is 10.2 Å². The molecule has 7 heteroatoms. The molecule has 0 bridgehead atoms. The first-order valence-corrected chi connectivity index (χ1v) is 9.34. The van der Waals surface area contributed by atoms with Crippen LogP contribution in [0, 0.1) is 0 Å². The standard InChI is InChI=1S/C17H14Cl3N3S/c1-23-16(9-11-2-5-13(18)6-3-11)21-22-17(23)24-10-12-4-7-14(19)15(20)8-12/h2-8H,9-10H2,1H3. The van der Waals surface area contributed by atoms with Crippen LogP contribution in [0.15, 0.2) is 47.6 Å². The van der Waals surface area contributed by atoms with Gasteiger partial charge in [0.1, 0.15) is 5.82 Å². The quantitative estimate of drug-likeness (QED) is 0.520. The molecule has 24 heavy (non-hydrogen) atoms. The van der Waals surface area contributed by atoms with Gasteiger partial charge in [-0.15, -0.1) is 10.2 Å². The van der Waals surface area contributed by atoms with Crippen molar-refractivity contribution < 1.29 is 0 Å². The summed E-state index contributed by atoms with van der Waals surface area (Å²) in [5, 5.41) is 11.3. The number of halogens is 3. The second kappa shape index (κ2) is 7.79. The highest BCUT2D eigenvalue weighted by molar-refractivity contribution is 7.98. The van der Waals surface area contributed by atoms with Crippen LogP contribution in [0.5, 0.6) is 0 Å². The fraction of sp³-hybridized carbons (Fsp3) is 0.176. The van der Waals surface area contributed by atoms with Gasteiger partial charge in [0.15, 0.2) is 5.16 Å². The molecule has 0 fully saturated rings. The Hall–Kier alpha value is -1.20. The summed E-state index contributed by atoms with van der Waals surface area (Å²) in [6, 6.07) is 13.4. The van der Waals surface area contributed by atoms with E-state index in [1.54, 1.807) is 11.8 Å². The van der Waals surface area contributed by atoms with Crippen LogP contribution in [-0.2, 0) is 19.2 Å². The zero-order valence-corrected chi connectivity index (χ0v) is 15.9. The van der Waals surface area contributed by atoms with Crippen LogP contribution < -0.4 is 0 Å². The van der Waals surface area contributed by atoms with Crippen LogP contribution >= 0.6 is 46.6 Å². The Morgan fingerprint density at radius 2 is 1.62 bits per heavy atom. The van der Waals surface area contributed by atoms with Crippen molar-refractivity contribution in [3.05, 3.63) is 74.5 Å². The van der Waals surface area contributed by atoms with E-state index in [1.807, 2.05) is 54.1 Å². The average Bonchev–Trinajstić information content (AvgIpc) is 2.91. The summed E-state index contributed by atoms with van der Waals surface area (Å²) in [6.07, 6.45) is 0.716. The van der Waals surface area contributed by atoms with Crippen LogP contribution in [-0.4, -0.2) is 14.8 Å². The van der Waals surface area contributed by atoms with E-state index in [1.165, 1.54) is 0 Å². The summed E-state index contributed by atoms with van der Waals surface area (Å²) in [5.74, 6) is 1.66. The highest BCUT2D eigenvalue weighted by Gasteiger charge is 2.10. The predicted octanol–water partition coefficient (Wildman–Crippen LogP) is 5.66. The first-order valence-electron chi connectivity index (χ1n) is 7.22. The Morgan fingerprint density at radius 1 is 0.917 bits per heavy atom. The highest BCUT2D eigenvalue weighted by Crippen LogP contribution is 2.27. The largest absolute Gasteiger partial charge is 0.309 e. The van der Waals surface area contributed by atoms with Crippen molar-refractivity contribution in [1.82, 2.24) is 14.8 Å². The maximum Gasteiger partial charge on any atom is 0.191 e. The molecule has 1 aromatic heterocycles. The molecule has 0 aliphatic heterocycles. The van der Waals surface area contributed by atoms with Gasteiger partial charge in [-0.05, 0) is 35.4 Å². The van der Waals surface area contributed by atoms with E-state index < -0.39 is 0 Å². The van der Waals surface area contributed by atoms with Crippen LogP contribution in [0.25, 0.3) is 0 Å². The van der Waals surface area contributed by atoms with Crippen molar-refractivity contribution >= 4 is 46.6 Å². The van der Waals surface area contributed by atoms with Crippen LogP contribution in [0.4, 0.5) is 0 Å². The number of rotatable bonds is 5. The molecule has 0 spiro atoms. The topological polar surface area (TPSA) is 30.7 Å². The second-order valence-electron chi connectivity index (χ2n) is 5.30. The molecular formula is C17H14Cl3N3S. The summed E-state index contributed by atoms with van der Waals surface area (Å²) in [6.45, 7) is 0. The molecule has 0 saturated heterocycles. The van der Waals surface area contributed by atoms with Gasteiger partial charge in [0.2, 0.25) is 0 Å². The smallest absolute Gasteiger partial charge is 0.191 e. The molecule has 3 aromatic rings. The Balaban J connectivity index is 1.68. The van der Waals surface area contributed by atoms with E-state index in [0.717, 1.165) is 32.9 Å². The maximum atomic E-state index is 6.05. The molecule has 3 nitrogen and oxygen atoms in total. The third kappa shape index (κ3) is 4.25. The van der Waals surface area contributed by atoms with E-state index in [0.29, 0.717) is 16.5 Å². The molecular weight excluding hydrogens is 385 g/mol. The minimum atomic E-state index is 0.564. The summed E-state index contributed by atoms with van der Waals surface area (Å²) in [4.78, 5) is 0. The van der Waals surface area contributed by atoms with Crippen molar-refractivity contribution in [2.45, 2.75) is 17.3 Å². The van der Waals surface area contributed by atoms with Gasteiger partial charge in [-0.2, -0.15) is 0 Å². The van der Waals surface area contributed by atoms with Gasteiger partial charge in [0.05, 0.1) is 10.0 Å². The van der Waals surface area contributed by atoms with Gasteiger partial charge in [-0.1, -0.05) is 64.8 Å². The zero-order chi connectivity index (χ0) is 17.1. The summed E-state index contributed by atoms with van der Waals surface area (Å²) >= 11 is 19.5. The van der Waals surface area contributed by atoms with E-state index in [-0.39, 0.29) is 0 Å². The fourth-order valence-corrected chi connectivity index (χ4v) is 3.51. The lowest BCUT2D eigenvalue weighted by Gasteiger charge is -2.05. The Morgan fingerprint density at radius 3 is 2.33 bits per heavy atom. The molecule has 0 saturated carbocycles. The monoisotopic (exact) mass is 397 g/mol. The average molecular weight is 399 g/mol. The SMILES string of the molecule is Cn1c(Cc2ccc(Cl)cc2)nnc1SCc1ccc(Cl)c(Cl)c1. The fourth-order valence-electron chi connectivity index (χ4n) is 2.19. The van der Waals surface area contributed by atoms with Gasteiger partial charge >= 0.3 is 0 Å². The second-order valence-corrected chi connectivity index (χ2v) is 7.49. The zero-order valence-electron chi connectivity index (χ0n) is 12.8. The third-order valence-electron chi connectivity index (χ3n) is 3.55. The Labute approximate surface area is 160 Å². The van der Waals surface area contributed by atoms with Gasteiger partial charge < -0.3 is 4.57 Å². The van der Waals surface area contributed by atoms with Crippen LogP contribution in [0.3, 0.4) is 0 Å². The molecule has 0 amide bonds. The number of benzene rings is 2. The lowest BCUT2D eigenvalue weighted by atomic mass is 10.1. The van der Waals surface area contributed by atoms with Crippen LogP contribution in [0.2, 0.25) is 15.1 Å². The highest BCUT2D eigenvalue weighted by atomic mass is 35.5.